The van der Waals surface area contributed by atoms with Gasteiger partial charge in [-0.3, -0.25) is 4.79 Å². The molecule has 1 aromatic carbocycles. The number of nitrogens with zero attached hydrogens (tertiary/aromatic N) is 2. The van der Waals surface area contributed by atoms with Crippen LogP contribution in [0.4, 0.5) is 10.5 Å². The first-order valence-corrected chi connectivity index (χ1v) is 6.92. The Labute approximate surface area is 133 Å². The van der Waals surface area contributed by atoms with Crippen LogP contribution in [0.25, 0.3) is 0 Å². The van der Waals surface area contributed by atoms with Crippen LogP contribution in [0.2, 0.25) is 0 Å². The van der Waals surface area contributed by atoms with Gasteiger partial charge >= 0.3 is 12.0 Å². The number of rotatable bonds is 5. The number of likely N-dealkylation sites (N-methyl/N-ethyl adjacent to an activating group) is 1. The highest BCUT2D eigenvalue weighted by atomic mass is 16.5. The number of benzene rings is 1. The van der Waals surface area contributed by atoms with Crippen molar-refractivity contribution in [3.63, 3.8) is 0 Å². The zero-order chi connectivity index (χ0) is 16.7. The van der Waals surface area contributed by atoms with Crippen molar-refractivity contribution in [1.29, 1.82) is 0 Å². The van der Waals surface area contributed by atoms with Gasteiger partial charge in [0.15, 0.2) is 0 Å². The summed E-state index contributed by atoms with van der Waals surface area (Å²) >= 11 is 0. The van der Waals surface area contributed by atoms with Crippen molar-refractivity contribution < 1.29 is 14.3 Å². The molecule has 120 valence electrons. The molecule has 0 aliphatic heterocycles. The molecule has 2 aromatic rings. The number of hydrogen-bond donors (Lipinski definition) is 3. The van der Waals surface area contributed by atoms with E-state index >= 15 is 0 Å². The van der Waals surface area contributed by atoms with Crippen LogP contribution in [0.5, 0.6) is 11.8 Å². The van der Waals surface area contributed by atoms with Crippen molar-refractivity contribution in [2.24, 2.45) is 0 Å². The number of anilines is 1. The molecule has 0 unspecified atom stereocenters. The molecule has 0 aliphatic rings. The Bertz CT molecular complexity index is 678. The lowest BCUT2D eigenvalue weighted by molar-refractivity contribution is -0.122. The van der Waals surface area contributed by atoms with Crippen molar-refractivity contribution >= 4 is 17.6 Å². The second kappa shape index (κ2) is 7.74. The molecule has 1 heterocycles. The second-order valence-corrected chi connectivity index (χ2v) is 4.60. The van der Waals surface area contributed by atoms with E-state index in [1.54, 1.807) is 49.6 Å². The van der Waals surface area contributed by atoms with Crippen LogP contribution >= 0.6 is 0 Å². The van der Waals surface area contributed by atoms with Gasteiger partial charge in [-0.1, -0.05) is 6.07 Å². The number of nitrogens with one attached hydrogen (secondary N) is 3. The van der Waals surface area contributed by atoms with E-state index in [0.29, 0.717) is 11.4 Å². The molecule has 0 saturated carbocycles. The molecule has 0 fully saturated rings. The maximum atomic E-state index is 11.8. The Kier molecular flexibility index (Phi) is 5.45. The molecule has 2 rings (SSSR count). The summed E-state index contributed by atoms with van der Waals surface area (Å²) in [5.41, 5.74) is 0.514. The predicted molar refractivity (Wildman–Crippen MR) is 84.2 cm³/mol. The Morgan fingerprint density at radius 3 is 2.61 bits per heavy atom. The van der Waals surface area contributed by atoms with Gasteiger partial charge in [0.05, 0.1) is 0 Å². The molecule has 0 radical (unpaired) electrons. The van der Waals surface area contributed by atoms with Crippen molar-refractivity contribution in [1.82, 2.24) is 20.6 Å². The third kappa shape index (κ3) is 4.95. The molecule has 1 atom stereocenters. The van der Waals surface area contributed by atoms with Crippen LogP contribution in [0.3, 0.4) is 0 Å². The van der Waals surface area contributed by atoms with Crippen molar-refractivity contribution in [2.75, 3.05) is 12.4 Å². The Morgan fingerprint density at radius 1 is 1.17 bits per heavy atom. The minimum Gasteiger partial charge on any atom is -0.424 e. The van der Waals surface area contributed by atoms with Gasteiger partial charge in [-0.05, 0) is 25.1 Å². The van der Waals surface area contributed by atoms with Gasteiger partial charge < -0.3 is 20.7 Å². The summed E-state index contributed by atoms with van der Waals surface area (Å²) in [5.74, 6) is 0.201. The van der Waals surface area contributed by atoms with Gasteiger partial charge in [0.1, 0.15) is 11.8 Å². The molecule has 0 aliphatic carbocycles. The molecule has 3 amide bonds. The fourth-order valence-electron chi connectivity index (χ4n) is 1.73. The maximum absolute atomic E-state index is 11.8. The number of amides is 3. The summed E-state index contributed by atoms with van der Waals surface area (Å²) in [6, 6.07) is 7.52. The van der Waals surface area contributed by atoms with Gasteiger partial charge in [-0.25, -0.2) is 14.8 Å². The summed E-state index contributed by atoms with van der Waals surface area (Å²) < 4.78 is 5.48. The molecule has 3 N–H and O–H groups in total. The van der Waals surface area contributed by atoms with E-state index in [4.69, 9.17) is 4.74 Å². The van der Waals surface area contributed by atoms with Crippen molar-refractivity contribution in [2.45, 2.75) is 13.0 Å². The number of urea groups is 1. The van der Waals surface area contributed by atoms with Gasteiger partial charge in [-0.15, -0.1) is 0 Å². The normalized spacial score (nSPS) is 11.2. The maximum Gasteiger partial charge on any atom is 0.321 e. The topological polar surface area (TPSA) is 105 Å². The third-order valence-corrected chi connectivity index (χ3v) is 2.83. The van der Waals surface area contributed by atoms with E-state index < -0.39 is 12.1 Å². The summed E-state index contributed by atoms with van der Waals surface area (Å²) in [5, 5.41) is 7.60. The predicted octanol–water partition coefficient (Wildman–Crippen LogP) is 1.52. The fourth-order valence-corrected chi connectivity index (χ4v) is 1.73. The first kappa shape index (κ1) is 16.2. The number of carbonyl (C=O) groups excluding carboxylic acids is 2. The minimum absolute atomic E-state index is 0.211. The van der Waals surface area contributed by atoms with Crippen LogP contribution in [0.15, 0.2) is 42.7 Å². The van der Waals surface area contributed by atoms with Crippen LogP contribution < -0.4 is 20.7 Å². The van der Waals surface area contributed by atoms with Gasteiger partial charge in [0, 0.05) is 31.2 Å². The fraction of sp³-hybridized carbons (Fsp3) is 0.200. The highest BCUT2D eigenvalue weighted by molar-refractivity contribution is 5.93. The average molecular weight is 315 g/mol. The largest absolute Gasteiger partial charge is 0.424 e. The molecular weight excluding hydrogens is 298 g/mol. The number of ether oxygens (including phenoxy) is 1. The average Bonchev–Trinajstić information content (AvgIpc) is 2.55. The van der Waals surface area contributed by atoms with Gasteiger partial charge in [0.25, 0.3) is 0 Å². The van der Waals surface area contributed by atoms with E-state index in [-0.39, 0.29) is 11.9 Å². The molecule has 0 bridgehead atoms. The second-order valence-electron chi connectivity index (χ2n) is 4.60. The van der Waals surface area contributed by atoms with Crippen LogP contribution in [-0.4, -0.2) is 35.0 Å². The summed E-state index contributed by atoms with van der Waals surface area (Å²) in [6.45, 7) is 1.59. The van der Waals surface area contributed by atoms with E-state index in [1.165, 1.54) is 7.05 Å². The SMILES string of the molecule is CNC(=O)[C@H](C)NC(=O)Nc1cccc(Oc2ncccn2)c1. The molecule has 1 aromatic heterocycles. The van der Waals surface area contributed by atoms with Crippen molar-refractivity contribution in [3.05, 3.63) is 42.7 Å². The van der Waals surface area contributed by atoms with Crippen LogP contribution in [-0.2, 0) is 4.79 Å². The molecule has 8 nitrogen and oxygen atoms in total. The molecule has 0 saturated heterocycles. The number of carbonyl (C=O) groups is 2. The zero-order valence-electron chi connectivity index (χ0n) is 12.7. The van der Waals surface area contributed by atoms with Gasteiger partial charge in [0.2, 0.25) is 5.91 Å². The molecule has 0 spiro atoms. The molecule has 8 heteroatoms. The number of hydrogen-bond acceptors (Lipinski definition) is 5. The standard InChI is InChI=1S/C15H17N5O3/c1-10(13(21)16-2)19-14(22)20-11-5-3-6-12(9-11)23-15-17-7-4-8-18-15/h3-10H,1-2H3,(H,16,21)(H2,19,20,22)/t10-/m0/s1. The first-order chi connectivity index (χ1) is 11.1. The lowest BCUT2D eigenvalue weighted by Gasteiger charge is -2.13. The Balaban J connectivity index is 1.97. The Hall–Kier alpha value is -3.16. The lowest BCUT2D eigenvalue weighted by Crippen LogP contribution is -2.45. The monoisotopic (exact) mass is 315 g/mol. The summed E-state index contributed by atoms with van der Waals surface area (Å²) in [7, 11) is 1.50. The van der Waals surface area contributed by atoms with Crippen LogP contribution in [0.1, 0.15) is 6.92 Å². The molecule has 23 heavy (non-hydrogen) atoms. The smallest absolute Gasteiger partial charge is 0.321 e. The van der Waals surface area contributed by atoms with Crippen LogP contribution in [0, 0.1) is 0 Å². The summed E-state index contributed by atoms with van der Waals surface area (Å²) in [6.07, 6.45) is 3.14. The van der Waals surface area contributed by atoms with E-state index in [2.05, 4.69) is 25.9 Å². The minimum atomic E-state index is -0.642. The number of aromatic nitrogens is 2. The Morgan fingerprint density at radius 2 is 1.91 bits per heavy atom. The van der Waals surface area contributed by atoms with E-state index in [9.17, 15) is 9.59 Å². The lowest BCUT2D eigenvalue weighted by atomic mass is 10.3. The quantitative estimate of drug-likeness (QED) is 0.776. The first-order valence-electron chi connectivity index (χ1n) is 6.92. The van der Waals surface area contributed by atoms with Crippen molar-refractivity contribution in [3.8, 4) is 11.8 Å². The van der Waals surface area contributed by atoms with E-state index in [0.717, 1.165) is 0 Å². The highest BCUT2D eigenvalue weighted by Gasteiger charge is 2.13. The zero-order valence-corrected chi connectivity index (χ0v) is 12.7. The highest BCUT2D eigenvalue weighted by Crippen LogP contribution is 2.21. The summed E-state index contributed by atoms with van der Waals surface area (Å²) in [4.78, 5) is 31.1. The third-order valence-electron chi connectivity index (χ3n) is 2.83. The van der Waals surface area contributed by atoms with Gasteiger partial charge in [-0.2, -0.15) is 0 Å². The van der Waals surface area contributed by atoms with E-state index in [1.807, 2.05) is 0 Å². The molecular formula is C15H17N5O3.